The summed E-state index contributed by atoms with van der Waals surface area (Å²) < 4.78 is 16.3. The van der Waals surface area contributed by atoms with Crippen molar-refractivity contribution in [3.05, 3.63) is 100 Å². The van der Waals surface area contributed by atoms with Crippen molar-refractivity contribution in [2.24, 2.45) is 0 Å². The molecule has 9 nitrogen and oxygen atoms in total. The molecule has 2 amide bonds. The molecule has 2 aliphatic carbocycles. The third kappa shape index (κ3) is 12.0. The average molecular weight is 790 g/mol. The van der Waals surface area contributed by atoms with Crippen LogP contribution in [0.4, 0.5) is 0 Å². The molecule has 6 rings (SSSR count). The molecule has 1 aliphatic heterocycles. The number of morpholine rings is 1. The number of carbonyl (C=O) groups is 2. The maximum Gasteiger partial charge on any atom is 0.246 e. The number of halogens is 1. The highest BCUT2D eigenvalue weighted by atomic mass is 35.5. The maximum atomic E-state index is 12.6. The number of likely N-dealkylation sites (N-methyl/N-ethyl adjacent to an activating group) is 1. The van der Waals surface area contributed by atoms with Gasteiger partial charge in [-0.3, -0.25) is 14.5 Å². The van der Waals surface area contributed by atoms with E-state index in [1.807, 2.05) is 25.1 Å². The van der Waals surface area contributed by atoms with Crippen molar-refractivity contribution in [3.8, 4) is 5.75 Å². The summed E-state index contributed by atoms with van der Waals surface area (Å²) in [6.45, 7) is 8.38. The molecule has 0 atom stereocenters. The lowest BCUT2D eigenvalue weighted by molar-refractivity contribution is -0.126. The normalized spacial score (nSPS) is 24.1. The van der Waals surface area contributed by atoms with E-state index in [-0.39, 0.29) is 41.6 Å². The number of benzene rings is 3. The molecule has 3 fully saturated rings. The van der Waals surface area contributed by atoms with Gasteiger partial charge in [0.25, 0.3) is 0 Å². The van der Waals surface area contributed by atoms with Gasteiger partial charge in [-0.05, 0) is 133 Å². The molecule has 0 unspecified atom stereocenters. The van der Waals surface area contributed by atoms with Crippen LogP contribution in [0.1, 0.15) is 86.5 Å². The molecule has 2 N–H and O–H groups in total. The zero-order chi connectivity index (χ0) is 40.0. The van der Waals surface area contributed by atoms with E-state index in [0.29, 0.717) is 24.5 Å². The number of nitrogens with zero attached hydrogens (tertiary/aromatic N) is 2. The number of methoxy groups -OCH3 is 1. The van der Waals surface area contributed by atoms with Gasteiger partial charge in [0.05, 0.1) is 19.8 Å². The summed E-state index contributed by atoms with van der Waals surface area (Å²) in [6, 6.07) is 25.7. The minimum Gasteiger partial charge on any atom is -0.493 e. The molecule has 1 heterocycles. The summed E-state index contributed by atoms with van der Waals surface area (Å²) in [5.41, 5.74) is 5.44. The van der Waals surface area contributed by atoms with E-state index >= 15 is 0 Å². The summed E-state index contributed by atoms with van der Waals surface area (Å²) >= 11 is 5.99. The quantitative estimate of drug-likeness (QED) is 0.162. The summed E-state index contributed by atoms with van der Waals surface area (Å²) in [5, 5.41) is 7.07. The van der Waals surface area contributed by atoms with E-state index in [9.17, 15) is 9.59 Å². The zero-order valence-corrected chi connectivity index (χ0v) is 35.2. The first kappa shape index (κ1) is 43.6. The van der Waals surface area contributed by atoms with E-state index < -0.39 is 0 Å². The molecule has 3 aliphatic rings. The van der Waals surface area contributed by atoms with Crippen LogP contribution in [0.5, 0.6) is 5.75 Å². The van der Waals surface area contributed by atoms with Gasteiger partial charge < -0.3 is 29.7 Å². The lowest BCUT2D eigenvalue weighted by Crippen LogP contribution is -2.54. The van der Waals surface area contributed by atoms with Gasteiger partial charge in [0.15, 0.2) is 0 Å². The molecule has 0 spiro atoms. The van der Waals surface area contributed by atoms with E-state index in [4.69, 9.17) is 25.8 Å². The Bertz CT molecular complexity index is 1660. The van der Waals surface area contributed by atoms with Crippen molar-refractivity contribution in [3.63, 3.8) is 0 Å². The average Bonchev–Trinajstić information content (AvgIpc) is 3.20. The molecule has 10 heteroatoms. The first-order chi connectivity index (χ1) is 27.0. The highest BCUT2D eigenvalue weighted by Crippen LogP contribution is 2.43. The molecular weight excluding hydrogens is 724 g/mol. The number of hydrogen-bond donors (Lipinski definition) is 2. The van der Waals surface area contributed by atoms with Gasteiger partial charge in [-0.15, -0.1) is 0 Å². The number of rotatable bonds is 14. The third-order valence-electron chi connectivity index (χ3n) is 12.3. The zero-order valence-electron chi connectivity index (χ0n) is 34.4. The fraction of sp³-hybridized carbons (Fsp3) is 0.565. The van der Waals surface area contributed by atoms with Crippen LogP contribution in [0, 0.1) is 13.8 Å². The molecule has 306 valence electrons. The highest BCUT2D eigenvalue weighted by Gasteiger charge is 2.42. The van der Waals surface area contributed by atoms with E-state index in [1.165, 1.54) is 16.7 Å². The largest absolute Gasteiger partial charge is 0.493 e. The van der Waals surface area contributed by atoms with Crippen molar-refractivity contribution < 1.29 is 23.8 Å². The lowest BCUT2D eigenvalue weighted by Gasteiger charge is -2.50. The smallest absolute Gasteiger partial charge is 0.246 e. The lowest BCUT2D eigenvalue weighted by atomic mass is 9.73. The van der Waals surface area contributed by atoms with Crippen molar-refractivity contribution in [2.75, 3.05) is 60.7 Å². The van der Waals surface area contributed by atoms with Crippen LogP contribution in [0.3, 0.4) is 0 Å². The van der Waals surface area contributed by atoms with Crippen molar-refractivity contribution in [1.82, 2.24) is 20.4 Å². The topological polar surface area (TPSA) is 92.4 Å². The first-order valence-corrected chi connectivity index (χ1v) is 21.0. The molecule has 3 aromatic rings. The fourth-order valence-corrected chi connectivity index (χ4v) is 9.13. The number of nitrogens with one attached hydrogen (secondary N) is 2. The van der Waals surface area contributed by atoms with Gasteiger partial charge in [-0.25, -0.2) is 0 Å². The molecule has 3 aromatic carbocycles. The van der Waals surface area contributed by atoms with E-state index in [2.05, 4.69) is 96.0 Å². The van der Waals surface area contributed by atoms with Gasteiger partial charge >= 0.3 is 0 Å². The number of amides is 2. The second-order valence-electron chi connectivity index (χ2n) is 16.2. The van der Waals surface area contributed by atoms with Gasteiger partial charge in [-0.1, -0.05) is 66.2 Å². The Morgan fingerprint density at radius 2 is 1.46 bits per heavy atom. The Kier molecular flexibility index (Phi) is 16.6. The van der Waals surface area contributed by atoms with Crippen LogP contribution in [-0.4, -0.2) is 100.0 Å². The van der Waals surface area contributed by atoms with Crippen molar-refractivity contribution in [2.45, 2.75) is 108 Å². The minimum absolute atomic E-state index is 0.00578. The van der Waals surface area contributed by atoms with Crippen LogP contribution >= 0.6 is 11.6 Å². The van der Waals surface area contributed by atoms with Crippen LogP contribution in [-0.2, 0) is 31.0 Å². The monoisotopic (exact) mass is 788 g/mol. The van der Waals surface area contributed by atoms with Crippen molar-refractivity contribution >= 4 is 23.4 Å². The SMILES string of the molecule is COCC(=O)NC1CCC(Cc2ccccc2C)(N(C)C)CC1.Cc1cc(Cl)ccc1OCCCC(=O)NC1CCC(c2ccccc2)(N2CCOCC2)CC1. The molecule has 0 bridgehead atoms. The van der Waals surface area contributed by atoms with Gasteiger partial charge in [0.2, 0.25) is 11.8 Å². The number of carbonyl (C=O) groups excluding carboxylic acids is 2. The second kappa shape index (κ2) is 21.3. The van der Waals surface area contributed by atoms with Crippen LogP contribution in [0.2, 0.25) is 5.02 Å². The molecular formula is C46H65ClN4O5. The Balaban J connectivity index is 0.000000229. The molecule has 1 saturated heterocycles. The number of aryl methyl sites for hydroxylation is 2. The Labute approximate surface area is 340 Å². The molecule has 56 heavy (non-hydrogen) atoms. The highest BCUT2D eigenvalue weighted by molar-refractivity contribution is 6.30. The van der Waals surface area contributed by atoms with Crippen LogP contribution in [0.15, 0.2) is 72.8 Å². The predicted octanol–water partition coefficient (Wildman–Crippen LogP) is 7.64. The molecule has 0 aromatic heterocycles. The number of ether oxygens (including phenoxy) is 3. The van der Waals surface area contributed by atoms with Gasteiger partial charge in [-0.2, -0.15) is 0 Å². The van der Waals surface area contributed by atoms with Gasteiger partial charge in [0, 0.05) is 54.8 Å². The Hall–Kier alpha value is -3.47. The standard InChI is InChI=1S/C27H35ClN2O3.C19H30N2O2/c1-21-20-23(28)9-10-25(21)33-17-5-8-26(31)29-24-11-13-27(14-12-24,22-6-3-2-4-7-22)30-15-18-32-19-16-30;1-15-7-5-6-8-16(15)13-19(21(2)3)11-9-17(10-12-19)20-18(22)14-23-4/h2-4,6-7,9-10,20,24H,5,8,11-19H2,1H3,(H,29,31);5-8,17H,9-14H2,1-4H3,(H,20,22). The van der Waals surface area contributed by atoms with Gasteiger partial charge in [0.1, 0.15) is 12.4 Å². The first-order valence-electron chi connectivity index (χ1n) is 20.6. The second-order valence-corrected chi connectivity index (χ2v) is 16.6. The van der Waals surface area contributed by atoms with Crippen molar-refractivity contribution in [1.29, 1.82) is 0 Å². The van der Waals surface area contributed by atoms with E-state index in [1.54, 1.807) is 7.11 Å². The summed E-state index contributed by atoms with van der Waals surface area (Å²) in [6.07, 6.45) is 10.6. The maximum absolute atomic E-state index is 12.6. The summed E-state index contributed by atoms with van der Waals surface area (Å²) in [4.78, 5) is 29.2. The third-order valence-corrected chi connectivity index (χ3v) is 12.6. The molecule has 2 saturated carbocycles. The number of hydrogen-bond acceptors (Lipinski definition) is 7. The van der Waals surface area contributed by atoms with Crippen LogP contribution in [0.25, 0.3) is 0 Å². The Morgan fingerprint density at radius 3 is 2.09 bits per heavy atom. The fourth-order valence-electron chi connectivity index (χ4n) is 8.90. The Morgan fingerprint density at radius 1 is 0.839 bits per heavy atom. The molecule has 0 radical (unpaired) electrons. The van der Waals surface area contributed by atoms with Crippen LogP contribution < -0.4 is 15.4 Å². The summed E-state index contributed by atoms with van der Waals surface area (Å²) in [7, 11) is 5.92. The predicted molar refractivity (Wildman–Crippen MR) is 225 cm³/mol. The summed E-state index contributed by atoms with van der Waals surface area (Å²) in [5.74, 6) is 0.941. The van der Waals surface area contributed by atoms with E-state index in [0.717, 1.165) is 95.4 Å². The minimum atomic E-state index is -0.00578.